The zero-order valence-corrected chi connectivity index (χ0v) is 16.1. The minimum Gasteiger partial charge on any atom is -0.399 e. The van der Waals surface area contributed by atoms with Crippen LogP contribution in [-0.2, 0) is 11.2 Å². The maximum absolute atomic E-state index is 9.41. The summed E-state index contributed by atoms with van der Waals surface area (Å²) in [5, 5.41) is 12.8. The summed E-state index contributed by atoms with van der Waals surface area (Å²) < 4.78 is 7.88. The van der Waals surface area contributed by atoms with Crippen molar-refractivity contribution in [3.05, 3.63) is 42.1 Å². The van der Waals surface area contributed by atoms with Gasteiger partial charge in [-0.1, -0.05) is 18.7 Å². The van der Waals surface area contributed by atoms with Gasteiger partial charge in [0.15, 0.2) is 5.82 Å². The zero-order chi connectivity index (χ0) is 20.1. The molecular weight excluding hydrogens is 356 g/mol. The first-order chi connectivity index (χ1) is 13.5. The molecule has 1 aromatic heterocycles. The average molecular weight is 384 g/mol. The molecule has 2 unspecified atom stereocenters. The second-order valence-electron chi connectivity index (χ2n) is 6.78. The third kappa shape index (κ3) is 4.35. The molecule has 2 heterocycles. The Morgan fingerprint density at radius 3 is 2.79 bits per heavy atom. The number of nitrogens with one attached hydrogen (secondary N) is 1. The zero-order valence-electron chi connectivity index (χ0n) is 16.1. The summed E-state index contributed by atoms with van der Waals surface area (Å²) in [5.41, 5.74) is 14.5. The molecule has 1 fully saturated rings. The molecule has 0 bridgehead atoms. The fraction of sp³-hybridized carbons (Fsp3) is 0.400. The Labute approximate surface area is 164 Å². The molecule has 3 rings (SSSR count). The van der Waals surface area contributed by atoms with Gasteiger partial charge in [-0.2, -0.15) is 0 Å². The molecule has 1 saturated heterocycles. The minimum absolute atomic E-state index is 0.00602. The van der Waals surface area contributed by atoms with Gasteiger partial charge in [-0.25, -0.2) is 9.98 Å². The van der Waals surface area contributed by atoms with Crippen molar-refractivity contribution in [2.24, 2.45) is 10.7 Å². The lowest BCUT2D eigenvalue weighted by molar-refractivity contribution is -0.0206. The Morgan fingerprint density at radius 1 is 1.43 bits per heavy atom. The number of nitrogens with two attached hydrogens (primary N) is 2. The van der Waals surface area contributed by atoms with Crippen molar-refractivity contribution in [3.8, 4) is 0 Å². The Hall–Kier alpha value is -2.84. The third-order valence-electron chi connectivity index (χ3n) is 4.69. The quantitative estimate of drug-likeness (QED) is 0.409. The summed E-state index contributed by atoms with van der Waals surface area (Å²) in [6, 6.07) is 7.80. The number of ether oxygens (including phenoxy) is 1. The SMILES string of the molecule is C=C(N)c1nc(NCCc2ccc(N)cc2)n(C2CCC(CO)O2)c1/N=C\C. The van der Waals surface area contributed by atoms with Crippen molar-refractivity contribution in [2.45, 2.75) is 38.5 Å². The number of aliphatic hydroxyl groups is 1. The lowest BCUT2D eigenvalue weighted by Crippen LogP contribution is -2.17. The Bertz CT molecular complexity index is 843. The smallest absolute Gasteiger partial charge is 0.207 e. The molecule has 0 aliphatic carbocycles. The van der Waals surface area contributed by atoms with E-state index in [9.17, 15) is 5.11 Å². The predicted octanol–water partition coefficient (Wildman–Crippen LogP) is 2.44. The van der Waals surface area contributed by atoms with Crippen LogP contribution in [0.25, 0.3) is 5.70 Å². The highest BCUT2D eigenvalue weighted by Gasteiger charge is 2.31. The first kappa shape index (κ1) is 19.9. The lowest BCUT2D eigenvalue weighted by Gasteiger charge is -2.18. The highest BCUT2D eigenvalue weighted by atomic mass is 16.5. The van der Waals surface area contributed by atoms with E-state index in [0.717, 1.165) is 24.9 Å². The molecule has 1 aliphatic heterocycles. The first-order valence-corrected chi connectivity index (χ1v) is 9.43. The van der Waals surface area contributed by atoms with E-state index in [1.54, 1.807) is 6.21 Å². The van der Waals surface area contributed by atoms with Crippen LogP contribution < -0.4 is 16.8 Å². The molecule has 28 heavy (non-hydrogen) atoms. The van der Waals surface area contributed by atoms with Crippen LogP contribution in [-0.4, -0.2) is 40.1 Å². The Kier molecular flexibility index (Phi) is 6.33. The van der Waals surface area contributed by atoms with Gasteiger partial charge in [-0.15, -0.1) is 0 Å². The van der Waals surface area contributed by atoms with Crippen molar-refractivity contribution >= 4 is 29.4 Å². The molecule has 2 atom stereocenters. The predicted molar refractivity (Wildman–Crippen MR) is 113 cm³/mol. The van der Waals surface area contributed by atoms with E-state index in [1.807, 2.05) is 35.8 Å². The van der Waals surface area contributed by atoms with Crippen molar-refractivity contribution in [1.82, 2.24) is 9.55 Å². The van der Waals surface area contributed by atoms with Crippen molar-refractivity contribution in [2.75, 3.05) is 24.2 Å². The molecule has 0 spiro atoms. The van der Waals surface area contributed by atoms with Gasteiger partial charge >= 0.3 is 0 Å². The molecule has 6 N–H and O–H groups in total. The summed E-state index contributed by atoms with van der Waals surface area (Å²) in [6.45, 7) is 6.32. The molecule has 1 aromatic carbocycles. The van der Waals surface area contributed by atoms with Gasteiger partial charge in [0.2, 0.25) is 5.95 Å². The number of aromatic nitrogens is 2. The van der Waals surface area contributed by atoms with Gasteiger partial charge < -0.3 is 26.6 Å². The molecule has 8 nitrogen and oxygen atoms in total. The number of rotatable bonds is 8. The van der Waals surface area contributed by atoms with Crippen molar-refractivity contribution in [3.63, 3.8) is 0 Å². The largest absolute Gasteiger partial charge is 0.399 e. The average Bonchev–Trinajstić information content (AvgIpc) is 3.28. The van der Waals surface area contributed by atoms with Gasteiger partial charge in [-0.05, 0) is 43.9 Å². The van der Waals surface area contributed by atoms with Crippen molar-refractivity contribution < 1.29 is 9.84 Å². The van der Waals surface area contributed by atoms with Crippen LogP contribution in [0, 0.1) is 0 Å². The summed E-state index contributed by atoms with van der Waals surface area (Å²) in [5.74, 6) is 1.23. The van der Waals surface area contributed by atoms with Crippen LogP contribution in [0.15, 0.2) is 35.8 Å². The van der Waals surface area contributed by atoms with Crippen LogP contribution in [0.4, 0.5) is 17.5 Å². The van der Waals surface area contributed by atoms with E-state index in [-0.39, 0.29) is 18.9 Å². The topological polar surface area (TPSA) is 124 Å². The van der Waals surface area contributed by atoms with Crippen LogP contribution in [0.5, 0.6) is 0 Å². The van der Waals surface area contributed by atoms with Gasteiger partial charge in [-0.3, -0.25) is 4.57 Å². The van der Waals surface area contributed by atoms with Crippen LogP contribution in [0.2, 0.25) is 0 Å². The van der Waals surface area contributed by atoms with E-state index < -0.39 is 0 Å². The lowest BCUT2D eigenvalue weighted by atomic mass is 10.1. The van der Waals surface area contributed by atoms with E-state index in [0.29, 0.717) is 29.7 Å². The van der Waals surface area contributed by atoms with Gasteiger partial charge in [0.1, 0.15) is 11.9 Å². The number of anilines is 2. The van der Waals surface area contributed by atoms with E-state index in [1.165, 1.54) is 5.56 Å². The number of benzene rings is 1. The molecule has 0 amide bonds. The fourth-order valence-electron chi connectivity index (χ4n) is 3.30. The van der Waals surface area contributed by atoms with Crippen LogP contribution >= 0.6 is 0 Å². The third-order valence-corrected chi connectivity index (χ3v) is 4.69. The van der Waals surface area contributed by atoms with E-state index >= 15 is 0 Å². The monoisotopic (exact) mass is 384 g/mol. The number of hydrogen-bond donors (Lipinski definition) is 4. The van der Waals surface area contributed by atoms with Crippen LogP contribution in [0.1, 0.15) is 37.3 Å². The minimum atomic E-state index is -0.268. The number of nitrogens with zero attached hydrogens (tertiary/aromatic N) is 3. The number of aliphatic hydroxyl groups excluding tert-OH is 1. The summed E-state index contributed by atoms with van der Waals surface area (Å²) in [6.07, 6.45) is 3.59. The number of hydrogen-bond acceptors (Lipinski definition) is 7. The molecule has 0 radical (unpaired) electrons. The first-order valence-electron chi connectivity index (χ1n) is 9.43. The second kappa shape index (κ2) is 8.90. The van der Waals surface area contributed by atoms with Gasteiger partial charge in [0.25, 0.3) is 0 Å². The van der Waals surface area contributed by atoms with E-state index in [4.69, 9.17) is 16.2 Å². The summed E-state index contributed by atoms with van der Waals surface area (Å²) in [4.78, 5) is 9.08. The van der Waals surface area contributed by atoms with Gasteiger partial charge in [0, 0.05) is 18.4 Å². The fourth-order valence-corrected chi connectivity index (χ4v) is 3.30. The molecule has 150 valence electrons. The Balaban J connectivity index is 1.84. The normalized spacial score (nSPS) is 19.4. The number of imidazole rings is 1. The van der Waals surface area contributed by atoms with Crippen molar-refractivity contribution in [1.29, 1.82) is 0 Å². The number of nitrogen functional groups attached to an aromatic ring is 1. The highest BCUT2D eigenvalue weighted by Crippen LogP contribution is 2.37. The van der Waals surface area contributed by atoms with Crippen LogP contribution in [0.3, 0.4) is 0 Å². The summed E-state index contributed by atoms with van der Waals surface area (Å²) in [7, 11) is 0. The molecule has 0 saturated carbocycles. The maximum Gasteiger partial charge on any atom is 0.207 e. The molecule has 2 aromatic rings. The second-order valence-corrected chi connectivity index (χ2v) is 6.78. The molecule has 8 heteroatoms. The molecular formula is C20H28N6O2. The standard InChI is InChI=1S/C20H28N6O2/c1-3-23-19-18(13(2)21)25-20(26(19)17-9-8-16(12-27)28-17)24-11-10-14-4-6-15(22)7-5-14/h3-7,16-17,27H,2,8-12,21-22H2,1H3,(H,24,25)/b23-3-. The highest BCUT2D eigenvalue weighted by molar-refractivity contribution is 5.72. The maximum atomic E-state index is 9.41. The Morgan fingerprint density at radius 2 is 2.18 bits per heavy atom. The number of aliphatic imine (C=N–C) groups is 1. The summed E-state index contributed by atoms with van der Waals surface area (Å²) >= 11 is 0. The molecule has 1 aliphatic rings. The van der Waals surface area contributed by atoms with Gasteiger partial charge in [0.05, 0.1) is 18.4 Å². The van der Waals surface area contributed by atoms with E-state index in [2.05, 4.69) is 21.9 Å².